The van der Waals surface area contributed by atoms with Crippen LogP contribution in [0.15, 0.2) is 182 Å². The van der Waals surface area contributed by atoms with Gasteiger partial charge < -0.3 is 0 Å². The van der Waals surface area contributed by atoms with Gasteiger partial charge in [0.05, 0.1) is 45.8 Å². The third kappa shape index (κ3) is 4.85. The Bertz CT molecular complexity index is 3010. The van der Waals surface area contributed by atoms with Crippen molar-refractivity contribution >= 4 is 65.2 Å². The van der Waals surface area contributed by atoms with Gasteiger partial charge in [-0.25, -0.2) is 9.97 Å². The highest BCUT2D eigenvalue weighted by Gasteiger charge is 2.15. The van der Waals surface area contributed by atoms with Gasteiger partial charge in [0.1, 0.15) is 0 Å². The number of hydrogen-bond donors (Lipinski definition) is 0. The maximum atomic E-state index is 5.24. The van der Waals surface area contributed by atoms with E-state index < -0.39 is 0 Å². The Hall–Kier alpha value is -7.30. The molecule has 0 saturated heterocycles. The summed E-state index contributed by atoms with van der Waals surface area (Å²) in [6, 6.07) is 59.8. The van der Waals surface area contributed by atoms with E-state index in [0.29, 0.717) is 0 Å². The van der Waals surface area contributed by atoms with E-state index >= 15 is 0 Å². The van der Waals surface area contributed by atoms with Gasteiger partial charge in [0.25, 0.3) is 0 Å². The predicted octanol–water partition coefficient (Wildman–Crippen LogP) is 12.9. The summed E-state index contributed by atoms with van der Waals surface area (Å²) in [6.45, 7) is 0. The maximum absolute atomic E-state index is 5.24. The molecule has 4 heteroatoms. The third-order valence-corrected chi connectivity index (χ3v) is 10.7. The number of hydrogen-bond acceptors (Lipinski definition) is 4. The molecule has 0 atom stereocenters. The molecule has 0 saturated carbocycles. The minimum atomic E-state index is 0.853. The second-order valence-electron chi connectivity index (χ2n) is 13.8. The van der Waals surface area contributed by atoms with Crippen molar-refractivity contribution in [3.05, 3.63) is 182 Å². The minimum Gasteiger partial charge on any atom is -0.252 e. The average molecular weight is 687 g/mol. The van der Waals surface area contributed by atoms with E-state index in [1.165, 1.54) is 21.5 Å². The lowest BCUT2D eigenvalue weighted by atomic mass is 9.96. The molecular formula is C50H30N4. The molecule has 0 spiro atoms. The van der Waals surface area contributed by atoms with Crippen molar-refractivity contribution in [3.63, 3.8) is 0 Å². The summed E-state index contributed by atoms with van der Waals surface area (Å²) in [4.78, 5) is 20.5. The van der Waals surface area contributed by atoms with Gasteiger partial charge in [-0.05, 0) is 62.0 Å². The molecular weight excluding hydrogens is 657 g/mol. The van der Waals surface area contributed by atoms with Crippen LogP contribution in [0.3, 0.4) is 0 Å². The highest BCUT2D eigenvalue weighted by Crippen LogP contribution is 2.37. The van der Waals surface area contributed by atoms with Gasteiger partial charge in [-0.15, -0.1) is 0 Å². The number of fused-ring (bicyclic) bond motifs is 12. The number of rotatable bonds is 4. The van der Waals surface area contributed by atoms with E-state index in [4.69, 9.17) is 19.9 Å². The normalized spacial score (nSPS) is 11.7. The monoisotopic (exact) mass is 686 g/mol. The van der Waals surface area contributed by atoms with Crippen LogP contribution in [-0.4, -0.2) is 19.9 Å². The first-order valence-electron chi connectivity index (χ1n) is 18.2. The number of nitrogens with zero attached hydrogens (tertiary/aromatic N) is 4. The van der Waals surface area contributed by atoms with Crippen LogP contribution in [0.2, 0.25) is 0 Å². The predicted molar refractivity (Wildman–Crippen MR) is 224 cm³/mol. The first kappa shape index (κ1) is 30.3. The van der Waals surface area contributed by atoms with Gasteiger partial charge in [0, 0.05) is 32.7 Å². The van der Waals surface area contributed by atoms with Crippen molar-refractivity contribution in [1.82, 2.24) is 19.9 Å². The average Bonchev–Trinajstić information content (AvgIpc) is 3.26. The smallest absolute Gasteiger partial charge is 0.0979 e. The summed E-state index contributed by atoms with van der Waals surface area (Å²) in [5.41, 5.74) is 12.0. The van der Waals surface area contributed by atoms with Crippen molar-refractivity contribution < 1.29 is 0 Å². The van der Waals surface area contributed by atoms with Crippen molar-refractivity contribution in [2.45, 2.75) is 0 Å². The third-order valence-electron chi connectivity index (χ3n) is 10.7. The maximum Gasteiger partial charge on any atom is 0.0979 e. The topological polar surface area (TPSA) is 51.6 Å². The molecule has 0 bridgehead atoms. The second-order valence-corrected chi connectivity index (χ2v) is 13.8. The standard InChI is InChI=1S/C50H30N4/c1-5-22-41-37(18-1)39-20-3-7-24-43(39)49-47(41)51-29-45(53-49)35-16-10-14-33(27-35)31-12-9-13-32(26-31)34-15-11-17-36(28-34)46-30-52-48-42-23-6-2-19-38(42)40-21-4-8-25-44(40)50(48)54-46/h1-30H. The molecule has 0 radical (unpaired) electrons. The van der Waals surface area contributed by atoms with Crippen LogP contribution < -0.4 is 0 Å². The molecule has 0 amide bonds. The van der Waals surface area contributed by atoms with Gasteiger partial charge in [0.15, 0.2) is 0 Å². The fourth-order valence-electron chi connectivity index (χ4n) is 8.12. The van der Waals surface area contributed by atoms with Crippen molar-refractivity contribution in [3.8, 4) is 44.8 Å². The summed E-state index contributed by atoms with van der Waals surface area (Å²) in [6.07, 6.45) is 3.82. The SMILES string of the molecule is c1cc(-c2cccc(-c3cnc4c5ccccc5c5ccccc5c4n3)c2)cc(-c2cccc(-c3cnc4c5ccccc5c5ccccc5c4n3)c2)c1. The molecule has 9 aromatic carbocycles. The molecule has 0 unspecified atom stereocenters. The van der Waals surface area contributed by atoms with E-state index in [9.17, 15) is 0 Å². The molecule has 2 aromatic heterocycles. The Morgan fingerprint density at radius 3 is 0.870 bits per heavy atom. The van der Waals surface area contributed by atoms with Crippen molar-refractivity contribution in [2.24, 2.45) is 0 Å². The number of benzene rings is 9. The first-order valence-corrected chi connectivity index (χ1v) is 18.2. The lowest BCUT2D eigenvalue weighted by Gasteiger charge is -2.12. The van der Waals surface area contributed by atoms with Crippen molar-refractivity contribution in [1.29, 1.82) is 0 Å². The minimum absolute atomic E-state index is 0.853. The van der Waals surface area contributed by atoms with E-state index in [-0.39, 0.29) is 0 Å². The first-order chi connectivity index (χ1) is 26.8. The van der Waals surface area contributed by atoms with Crippen LogP contribution in [0.1, 0.15) is 0 Å². The van der Waals surface area contributed by atoms with Gasteiger partial charge in [-0.2, -0.15) is 0 Å². The Morgan fingerprint density at radius 1 is 0.241 bits per heavy atom. The Kier molecular flexibility index (Phi) is 6.82. The largest absolute Gasteiger partial charge is 0.252 e. The van der Waals surface area contributed by atoms with Gasteiger partial charge in [-0.1, -0.05) is 152 Å². The van der Waals surface area contributed by atoms with Crippen LogP contribution in [-0.2, 0) is 0 Å². The number of aromatic nitrogens is 4. The molecule has 0 aliphatic rings. The fraction of sp³-hybridized carbons (Fsp3) is 0. The molecule has 0 N–H and O–H groups in total. The second kappa shape index (κ2) is 12.1. The quantitative estimate of drug-likeness (QED) is 0.173. The summed E-state index contributed by atoms with van der Waals surface area (Å²) >= 11 is 0. The zero-order valence-corrected chi connectivity index (χ0v) is 29.1. The highest BCUT2D eigenvalue weighted by molar-refractivity contribution is 6.24. The van der Waals surface area contributed by atoms with Crippen LogP contribution in [0.4, 0.5) is 0 Å². The van der Waals surface area contributed by atoms with E-state index in [1.54, 1.807) is 0 Å². The zero-order chi connectivity index (χ0) is 35.6. The zero-order valence-electron chi connectivity index (χ0n) is 29.1. The molecule has 250 valence electrons. The molecule has 0 aliphatic heterocycles. The molecule has 11 aromatic rings. The molecule has 2 heterocycles. The van der Waals surface area contributed by atoms with Gasteiger partial charge in [0.2, 0.25) is 0 Å². The Morgan fingerprint density at radius 2 is 0.519 bits per heavy atom. The molecule has 0 aliphatic carbocycles. The van der Waals surface area contributed by atoms with Crippen LogP contribution >= 0.6 is 0 Å². The van der Waals surface area contributed by atoms with E-state index in [1.807, 2.05) is 12.4 Å². The Balaban J connectivity index is 0.969. The van der Waals surface area contributed by atoms with E-state index in [2.05, 4.69) is 170 Å². The van der Waals surface area contributed by atoms with Crippen LogP contribution in [0, 0.1) is 0 Å². The molecule has 4 nitrogen and oxygen atoms in total. The summed E-state index contributed by atoms with van der Waals surface area (Å²) in [7, 11) is 0. The van der Waals surface area contributed by atoms with Gasteiger partial charge >= 0.3 is 0 Å². The lowest BCUT2D eigenvalue weighted by Crippen LogP contribution is -1.93. The highest BCUT2D eigenvalue weighted by atomic mass is 14.8. The summed E-state index contributed by atoms with van der Waals surface area (Å²) < 4.78 is 0. The fourth-order valence-corrected chi connectivity index (χ4v) is 8.12. The summed E-state index contributed by atoms with van der Waals surface area (Å²) in [5, 5.41) is 9.24. The molecule has 0 fully saturated rings. The lowest BCUT2D eigenvalue weighted by molar-refractivity contribution is 1.31. The van der Waals surface area contributed by atoms with Crippen LogP contribution in [0.25, 0.3) is 110 Å². The molecule has 11 rings (SSSR count). The molecule has 54 heavy (non-hydrogen) atoms. The Labute approximate surface area is 311 Å². The van der Waals surface area contributed by atoms with Crippen molar-refractivity contribution in [2.75, 3.05) is 0 Å². The summed E-state index contributed by atoms with van der Waals surface area (Å²) in [5.74, 6) is 0. The van der Waals surface area contributed by atoms with Crippen LogP contribution in [0.5, 0.6) is 0 Å². The van der Waals surface area contributed by atoms with E-state index in [0.717, 1.165) is 88.4 Å². The van der Waals surface area contributed by atoms with Gasteiger partial charge in [-0.3, -0.25) is 9.97 Å².